The average molecular weight is 229 g/mol. The number of carboxylic acids is 1. The molecule has 0 radical (unpaired) electrons. The minimum atomic E-state index is -0.884. The summed E-state index contributed by atoms with van der Waals surface area (Å²) in [6.07, 6.45) is 5.89. The number of allylic oxidation sites excluding steroid dienone is 1. The first kappa shape index (κ1) is 11.5. The molecule has 0 bridgehead atoms. The quantitative estimate of drug-likeness (QED) is 0.631. The number of rotatable bonds is 5. The van der Waals surface area contributed by atoms with E-state index in [0.29, 0.717) is 5.56 Å². The molecule has 0 aliphatic carbocycles. The molecule has 0 unspecified atom stereocenters. The number of carbonyl (C=O) groups is 1. The highest BCUT2D eigenvalue weighted by molar-refractivity contribution is 5.93. The highest BCUT2D eigenvalue weighted by atomic mass is 16.4. The van der Waals surface area contributed by atoms with E-state index < -0.39 is 5.97 Å². The predicted molar refractivity (Wildman–Crippen MR) is 68.3 cm³/mol. The second-order valence-corrected chi connectivity index (χ2v) is 4.02. The molecule has 0 saturated carbocycles. The molecular weight excluding hydrogens is 214 g/mol. The lowest BCUT2D eigenvalue weighted by Crippen LogP contribution is -1.99. The predicted octanol–water partition coefficient (Wildman–Crippen LogP) is 3.31. The fourth-order valence-electron chi connectivity index (χ4n) is 1.92. The Bertz CT molecular complexity index is 554. The average Bonchev–Trinajstić information content (AvgIpc) is 2.72. The van der Waals surface area contributed by atoms with Crippen LogP contribution in [0.3, 0.4) is 0 Å². The lowest BCUT2D eigenvalue weighted by atomic mass is 10.1. The second-order valence-electron chi connectivity index (χ2n) is 4.02. The molecule has 1 aromatic heterocycles. The zero-order valence-electron chi connectivity index (χ0n) is 9.60. The van der Waals surface area contributed by atoms with E-state index in [2.05, 4.69) is 11.1 Å². The highest BCUT2D eigenvalue weighted by Gasteiger charge is 2.06. The van der Waals surface area contributed by atoms with E-state index in [4.69, 9.17) is 5.11 Å². The summed E-state index contributed by atoms with van der Waals surface area (Å²) in [5, 5.41) is 10.0. The van der Waals surface area contributed by atoms with Crippen LogP contribution < -0.4 is 0 Å². The van der Waals surface area contributed by atoms with Crippen LogP contribution in [0.15, 0.2) is 43.1 Å². The maximum atomic E-state index is 10.9. The minimum absolute atomic E-state index is 0.334. The largest absolute Gasteiger partial charge is 0.478 e. The Balaban J connectivity index is 2.32. The third kappa shape index (κ3) is 2.38. The van der Waals surface area contributed by atoms with Gasteiger partial charge in [0.1, 0.15) is 0 Å². The van der Waals surface area contributed by atoms with Crippen molar-refractivity contribution in [1.82, 2.24) is 4.57 Å². The number of unbranched alkanes of at least 4 members (excludes halogenated alkanes) is 1. The van der Waals surface area contributed by atoms with Crippen LogP contribution in [0.1, 0.15) is 23.2 Å². The number of hydrogen-bond acceptors (Lipinski definition) is 1. The number of benzene rings is 1. The lowest BCUT2D eigenvalue weighted by Gasteiger charge is -2.04. The van der Waals surface area contributed by atoms with Gasteiger partial charge in [-0.2, -0.15) is 0 Å². The highest BCUT2D eigenvalue weighted by Crippen LogP contribution is 2.18. The first-order chi connectivity index (χ1) is 8.22. The number of aryl methyl sites for hydroxylation is 1. The smallest absolute Gasteiger partial charge is 0.335 e. The summed E-state index contributed by atoms with van der Waals surface area (Å²) >= 11 is 0. The summed E-state index contributed by atoms with van der Waals surface area (Å²) in [6, 6.07) is 7.22. The minimum Gasteiger partial charge on any atom is -0.478 e. The summed E-state index contributed by atoms with van der Waals surface area (Å²) in [4.78, 5) is 10.9. The molecule has 3 heteroatoms. The van der Waals surface area contributed by atoms with Gasteiger partial charge in [-0.05, 0) is 36.4 Å². The van der Waals surface area contributed by atoms with Gasteiger partial charge in [0.15, 0.2) is 0 Å². The van der Waals surface area contributed by atoms with Gasteiger partial charge < -0.3 is 9.67 Å². The molecule has 3 nitrogen and oxygen atoms in total. The number of hydrogen-bond donors (Lipinski definition) is 1. The SMILES string of the molecule is C=CCCCn1ccc2ccc(C(=O)O)cc21. The van der Waals surface area contributed by atoms with Gasteiger partial charge in [-0.15, -0.1) is 6.58 Å². The third-order valence-corrected chi connectivity index (χ3v) is 2.83. The number of carboxylic acid groups (broad SMARTS) is 1. The molecular formula is C14H15NO2. The Hall–Kier alpha value is -2.03. The van der Waals surface area contributed by atoms with Gasteiger partial charge in [-0.25, -0.2) is 4.79 Å². The molecule has 0 saturated heterocycles. The fraction of sp³-hybridized carbons (Fsp3) is 0.214. The maximum Gasteiger partial charge on any atom is 0.335 e. The molecule has 1 heterocycles. The lowest BCUT2D eigenvalue weighted by molar-refractivity contribution is 0.0697. The number of nitrogens with zero attached hydrogens (tertiary/aromatic N) is 1. The topological polar surface area (TPSA) is 42.2 Å². The third-order valence-electron chi connectivity index (χ3n) is 2.83. The van der Waals surface area contributed by atoms with Gasteiger partial charge in [0.2, 0.25) is 0 Å². The summed E-state index contributed by atoms with van der Waals surface area (Å²) < 4.78 is 2.09. The van der Waals surface area contributed by atoms with Crippen LogP contribution in [-0.2, 0) is 6.54 Å². The number of aromatic nitrogens is 1. The Morgan fingerprint density at radius 3 is 2.94 bits per heavy atom. The number of fused-ring (bicyclic) bond motifs is 1. The molecule has 1 aromatic carbocycles. The van der Waals surface area contributed by atoms with Crippen LogP contribution in [-0.4, -0.2) is 15.6 Å². The normalized spacial score (nSPS) is 10.6. The first-order valence-electron chi connectivity index (χ1n) is 5.65. The first-order valence-corrected chi connectivity index (χ1v) is 5.65. The zero-order chi connectivity index (χ0) is 12.3. The molecule has 0 aliphatic heterocycles. The van der Waals surface area contributed by atoms with Gasteiger partial charge in [-0.1, -0.05) is 12.1 Å². The van der Waals surface area contributed by atoms with Crippen molar-refractivity contribution < 1.29 is 9.90 Å². The molecule has 2 aromatic rings. The van der Waals surface area contributed by atoms with E-state index in [0.717, 1.165) is 30.3 Å². The van der Waals surface area contributed by atoms with Gasteiger partial charge >= 0.3 is 5.97 Å². The van der Waals surface area contributed by atoms with Crippen LogP contribution in [0, 0.1) is 0 Å². The maximum absolute atomic E-state index is 10.9. The van der Waals surface area contributed by atoms with E-state index >= 15 is 0 Å². The molecule has 0 spiro atoms. The van der Waals surface area contributed by atoms with Crippen molar-refractivity contribution in [3.63, 3.8) is 0 Å². The van der Waals surface area contributed by atoms with E-state index in [1.165, 1.54) is 0 Å². The van der Waals surface area contributed by atoms with Gasteiger partial charge in [0.05, 0.1) is 5.56 Å². The van der Waals surface area contributed by atoms with Crippen molar-refractivity contribution in [3.05, 3.63) is 48.7 Å². The Morgan fingerprint density at radius 1 is 1.41 bits per heavy atom. The van der Waals surface area contributed by atoms with Crippen LogP contribution in [0.5, 0.6) is 0 Å². The molecule has 1 N–H and O–H groups in total. The van der Waals surface area contributed by atoms with E-state index in [-0.39, 0.29) is 0 Å². The van der Waals surface area contributed by atoms with Crippen molar-refractivity contribution in [3.8, 4) is 0 Å². The van der Waals surface area contributed by atoms with E-state index in [1.807, 2.05) is 24.4 Å². The molecule has 0 aliphatic rings. The van der Waals surface area contributed by atoms with Gasteiger partial charge in [-0.3, -0.25) is 0 Å². The summed E-state index contributed by atoms with van der Waals surface area (Å²) in [5.41, 5.74) is 1.31. The molecule has 88 valence electrons. The van der Waals surface area contributed by atoms with Gasteiger partial charge in [0, 0.05) is 18.3 Å². The van der Waals surface area contributed by atoms with Crippen molar-refractivity contribution in [2.45, 2.75) is 19.4 Å². The van der Waals surface area contributed by atoms with E-state index in [1.54, 1.807) is 12.1 Å². The fourth-order valence-corrected chi connectivity index (χ4v) is 1.92. The molecule has 0 atom stereocenters. The number of aromatic carboxylic acids is 1. The van der Waals surface area contributed by atoms with Crippen molar-refractivity contribution in [2.75, 3.05) is 0 Å². The zero-order valence-corrected chi connectivity index (χ0v) is 9.60. The summed E-state index contributed by atoms with van der Waals surface area (Å²) in [7, 11) is 0. The van der Waals surface area contributed by atoms with Crippen molar-refractivity contribution in [2.24, 2.45) is 0 Å². The van der Waals surface area contributed by atoms with Crippen LogP contribution in [0.2, 0.25) is 0 Å². The van der Waals surface area contributed by atoms with Crippen molar-refractivity contribution >= 4 is 16.9 Å². The molecule has 2 rings (SSSR count). The van der Waals surface area contributed by atoms with Crippen LogP contribution in [0.4, 0.5) is 0 Å². The Labute approximate surface area is 100.0 Å². The molecule has 17 heavy (non-hydrogen) atoms. The van der Waals surface area contributed by atoms with Crippen molar-refractivity contribution in [1.29, 1.82) is 0 Å². The van der Waals surface area contributed by atoms with Crippen LogP contribution in [0.25, 0.3) is 10.9 Å². The molecule has 0 amide bonds. The molecule has 0 fully saturated rings. The van der Waals surface area contributed by atoms with Crippen LogP contribution >= 0.6 is 0 Å². The summed E-state index contributed by atoms with van der Waals surface area (Å²) in [5.74, 6) is -0.884. The van der Waals surface area contributed by atoms with Gasteiger partial charge in [0.25, 0.3) is 0 Å². The second kappa shape index (κ2) is 4.87. The van der Waals surface area contributed by atoms with E-state index in [9.17, 15) is 4.79 Å². The Kier molecular flexibility index (Phi) is 3.28. The Morgan fingerprint density at radius 2 is 2.24 bits per heavy atom. The monoisotopic (exact) mass is 229 g/mol. The standard InChI is InChI=1S/C14H15NO2/c1-2-3-4-8-15-9-7-11-5-6-12(14(16)17)10-13(11)15/h2,5-7,9-10H,1,3-4,8H2,(H,16,17). The summed E-state index contributed by atoms with van der Waals surface area (Å²) in [6.45, 7) is 4.58.